The first-order chi connectivity index (χ1) is 19.7. The summed E-state index contributed by atoms with van der Waals surface area (Å²) >= 11 is 6.33. The SMILES string of the molecule is COC1/C=C/C=C(/C)Cc2cc(O)c(Cl)c(c2)NC(=O)CC(OC(=O)C(C)C)C2(C)OC2C(C)C2CC1(O)NC(=O)O2. The molecule has 2 saturated heterocycles. The summed E-state index contributed by atoms with van der Waals surface area (Å²) in [7, 11) is 1.43. The maximum atomic E-state index is 13.3. The minimum atomic E-state index is -1.78. The van der Waals surface area contributed by atoms with E-state index in [0.29, 0.717) is 12.0 Å². The molecule has 4 rings (SSSR count). The second kappa shape index (κ2) is 12.2. The molecule has 11 nitrogen and oxygen atoms in total. The van der Waals surface area contributed by atoms with Crippen LogP contribution in [0.25, 0.3) is 0 Å². The molecule has 7 unspecified atom stereocenters. The fraction of sp³-hybridized carbons (Fsp3) is 0.567. The summed E-state index contributed by atoms with van der Waals surface area (Å²) in [6.45, 7) is 8.78. The summed E-state index contributed by atoms with van der Waals surface area (Å²) in [6, 6.07) is 3.18. The number of ether oxygens (including phenoxy) is 4. The lowest BCUT2D eigenvalue weighted by molar-refractivity contribution is -0.157. The zero-order valence-electron chi connectivity index (χ0n) is 24.6. The summed E-state index contributed by atoms with van der Waals surface area (Å²) in [6.07, 6.45) is 1.23. The minimum absolute atomic E-state index is 0.0120. The molecule has 42 heavy (non-hydrogen) atoms. The van der Waals surface area contributed by atoms with E-state index in [1.54, 1.807) is 45.9 Å². The van der Waals surface area contributed by atoms with Gasteiger partial charge < -0.3 is 34.5 Å². The highest BCUT2D eigenvalue weighted by Crippen LogP contribution is 2.49. The van der Waals surface area contributed by atoms with Gasteiger partial charge in [-0.1, -0.05) is 56.2 Å². The summed E-state index contributed by atoms with van der Waals surface area (Å²) in [5, 5.41) is 27.2. The number of phenolic OH excluding ortho intramolecular Hbond substituents is 1. The number of esters is 1. The highest BCUT2D eigenvalue weighted by Gasteiger charge is 2.64. The monoisotopic (exact) mass is 606 g/mol. The number of nitrogens with one attached hydrogen (secondary N) is 2. The van der Waals surface area contributed by atoms with Gasteiger partial charge in [0, 0.05) is 19.4 Å². The van der Waals surface area contributed by atoms with Crippen LogP contribution in [-0.4, -0.2) is 71.0 Å². The summed E-state index contributed by atoms with van der Waals surface area (Å²) in [4.78, 5) is 38.6. The quantitative estimate of drug-likeness (QED) is 0.295. The molecule has 3 aliphatic heterocycles. The molecule has 1 aromatic carbocycles. The van der Waals surface area contributed by atoms with Crippen LogP contribution in [0.15, 0.2) is 35.9 Å². The van der Waals surface area contributed by atoms with Crippen LogP contribution in [0.2, 0.25) is 5.02 Å². The Kier molecular flexibility index (Phi) is 9.27. The van der Waals surface area contributed by atoms with Crippen molar-refractivity contribution in [2.24, 2.45) is 11.8 Å². The van der Waals surface area contributed by atoms with Crippen molar-refractivity contribution in [2.75, 3.05) is 12.4 Å². The Bertz CT molecular complexity index is 1300. The number of carbonyl (C=O) groups is 3. The second-order valence-electron chi connectivity index (χ2n) is 11.8. The first-order valence-corrected chi connectivity index (χ1v) is 14.3. The molecule has 3 heterocycles. The third-order valence-corrected chi connectivity index (χ3v) is 8.44. The van der Waals surface area contributed by atoms with Gasteiger partial charge in [0.2, 0.25) is 5.91 Å². The van der Waals surface area contributed by atoms with Crippen LogP contribution in [0.3, 0.4) is 0 Å². The van der Waals surface area contributed by atoms with Crippen LogP contribution < -0.4 is 10.6 Å². The summed E-state index contributed by atoms with van der Waals surface area (Å²) in [5.41, 5.74) is -1.08. The maximum absolute atomic E-state index is 13.3. The number of aliphatic hydroxyl groups is 1. The van der Waals surface area contributed by atoms with Crippen molar-refractivity contribution >= 4 is 35.3 Å². The van der Waals surface area contributed by atoms with Crippen LogP contribution in [0, 0.1) is 11.8 Å². The maximum Gasteiger partial charge on any atom is 0.409 e. The molecule has 3 aliphatic rings. The number of epoxide rings is 1. The van der Waals surface area contributed by atoms with E-state index < -0.39 is 65.5 Å². The standard InChI is InChI=1S/C30H39ClN2O9/c1-15(2)27(36)41-23-13-24(35)32-19-11-18(12-20(34)25(19)31)10-16(3)8-7-9-22(39-6)30(38)14-21(40-28(37)33-30)17(4)26-29(23,5)42-26/h7-9,11-12,15,17,21-23,26,34,38H,10,13-14H2,1-6H3,(H,32,35)(H,33,37)/b9-7+,16-8-. The smallest absolute Gasteiger partial charge is 0.409 e. The molecule has 2 fully saturated rings. The number of benzene rings is 1. The van der Waals surface area contributed by atoms with Crippen molar-refractivity contribution in [1.29, 1.82) is 0 Å². The largest absolute Gasteiger partial charge is 0.506 e. The van der Waals surface area contributed by atoms with Gasteiger partial charge in [-0.05, 0) is 38.0 Å². The summed E-state index contributed by atoms with van der Waals surface area (Å²) < 4.78 is 23.0. The first kappa shape index (κ1) is 31.8. The van der Waals surface area contributed by atoms with Gasteiger partial charge in [-0.3, -0.25) is 14.9 Å². The van der Waals surface area contributed by atoms with E-state index in [9.17, 15) is 24.6 Å². The lowest BCUT2D eigenvalue weighted by atomic mass is 9.83. The minimum Gasteiger partial charge on any atom is -0.506 e. The number of fused-ring (bicyclic) bond motifs is 5. The van der Waals surface area contributed by atoms with Gasteiger partial charge >= 0.3 is 12.1 Å². The molecule has 1 aromatic rings. The normalized spacial score (nSPS) is 35.5. The molecule has 0 aliphatic carbocycles. The number of anilines is 1. The average Bonchev–Trinajstić information content (AvgIpc) is 3.59. The number of carbonyl (C=O) groups excluding carboxylic acids is 3. The van der Waals surface area contributed by atoms with E-state index in [2.05, 4.69) is 10.6 Å². The van der Waals surface area contributed by atoms with E-state index in [-0.39, 0.29) is 29.3 Å². The third kappa shape index (κ3) is 6.75. The Hall–Kier alpha value is -3.12. The van der Waals surface area contributed by atoms with Crippen LogP contribution in [0.4, 0.5) is 10.5 Å². The molecule has 4 bridgehead atoms. The molecule has 230 valence electrons. The zero-order chi connectivity index (χ0) is 31.0. The number of aromatic hydroxyl groups is 1. The molecule has 4 N–H and O–H groups in total. The van der Waals surface area contributed by atoms with Gasteiger partial charge in [-0.2, -0.15) is 0 Å². The molecular weight excluding hydrogens is 568 g/mol. The lowest BCUT2D eigenvalue weighted by Crippen LogP contribution is -2.63. The predicted molar refractivity (Wildman–Crippen MR) is 154 cm³/mol. The third-order valence-electron chi connectivity index (χ3n) is 8.04. The van der Waals surface area contributed by atoms with E-state index in [1.807, 2.05) is 13.0 Å². The highest BCUT2D eigenvalue weighted by atomic mass is 35.5. The zero-order valence-corrected chi connectivity index (χ0v) is 25.4. The molecule has 0 aromatic heterocycles. The number of halogens is 1. The van der Waals surface area contributed by atoms with Crippen LogP contribution >= 0.6 is 11.6 Å². The number of allylic oxidation sites excluding steroid dienone is 3. The van der Waals surface area contributed by atoms with Gasteiger partial charge in [0.1, 0.15) is 34.7 Å². The van der Waals surface area contributed by atoms with Crippen LogP contribution in [-0.2, 0) is 35.0 Å². The second-order valence-corrected chi connectivity index (χ2v) is 12.2. The Morgan fingerprint density at radius 2 is 1.98 bits per heavy atom. The highest BCUT2D eigenvalue weighted by molar-refractivity contribution is 6.35. The van der Waals surface area contributed by atoms with E-state index in [4.69, 9.17) is 30.5 Å². The summed E-state index contributed by atoms with van der Waals surface area (Å²) in [5.74, 6) is -2.12. The van der Waals surface area contributed by atoms with Crippen molar-refractivity contribution in [3.63, 3.8) is 0 Å². The van der Waals surface area contributed by atoms with E-state index in [1.165, 1.54) is 13.2 Å². The number of hydrogen-bond donors (Lipinski definition) is 4. The first-order valence-electron chi connectivity index (χ1n) is 13.9. The molecule has 0 spiro atoms. The molecular formula is C30H39ClN2O9. The van der Waals surface area contributed by atoms with Gasteiger partial charge in [0.25, 0.3) is 0 Å². The predicted octanol–water partition coefficient (Wildman–Crippen LogP) is 4.00. The van der Waals surface area contributed by atoms with Crippen molar-refractivity contribution < 1.29 is 43.5 Å². The van der Waals surface area contributed by atoms with Crippen molar-refractivity contribution in [3.8, 4) is 5.75 Å². The van der Waals surface area contributed by atoms with Gasteiger partial charge in [-0.15, -0.1) is 0 Å². The molecule has 2 amide bonds. The Balaban J connectivity index is 1.75. The molecule has 12 heteroatoms. The number of rotatable bonds is 3. The number of hydrogen-bond acceptors (Lipinski definition) is 9. The fourth-order valence-corrected chi connectivity index (χ4v) is 5.70. The van der Waals surface area contributed by atoms with Gasteiger partial charge in [0.15, 0.2) is 5.72 Å². The fourth-order valence-electron chi connectivity index (χ4n) is 5.55. The lowest BCUT2D eigenvalue weighted by Gasteiger charge is -2.42. The number of methoxy groups -OCH3 is 1. The van der Waals surface area contributed by atoms with E-state index >= 15 is 0 Å². The molecule has 0 saturated carbocycles. The number of amides is 2. The average molecular weight is 607 g/mol. The van der Waals surface area contributed by atoms with Crippen molar-refractivity contribution in [2.45, 2.75) is 89.6 Å². The van der Waals surface area contributed by atoms with E-state index in [0.717, 1.165) is 5.57 Å². The topological polar surface area (TPSA) is 156 Å². The van der Waals surface area contributed by atoms with Crippen molar-refractivity contribution in [1.82, 2.24) is 5.32 Å². The van der Waals surface area contributed by atoms with Gasteiger partial charge in [-0.25, -0.2) is 4.79 Å². The molecule has 7 atom stereocenters. The number of phenols is 1. The Labute approximate surface area is 250 Å². The number of alkyl carbamates (subject to hydrolysis) is 1. The van der Waals surface area contributed by atoms with Crippen LogP contribution in [0.1, 0.15) is 53.0 Å². The van der Waals surface area contributed by atoms with Crippen LogP contribution in [0.5, 0.6) is 5.75 Å². The Morgan fingerprint density at radius 1 is 1.26 bits per heavy atom. The molecule has 0 radical (unpaired) electrons. The Morgan fingerprint density at radius 3 is 2.64 bits per heavy atom. The van der Waals surface area contributed by atoms with Gasteiger partial charge in [0.05, 0.1) is 24.1 Å². The van der Waals surface area contributed by atoms with Crippen molar-refractivity contribution in [3.05, 3.63) is 46.5 Å².